The van der Waals surface area contributed by atoms with E-state index in [0.717, 1.165) is 5.56 Å². The molecule has 0 saturated heterocycles. The molecule has 0 spiro atoms. The van der Waals surface area contributed by atoms with E-state index in [9.17, 15) is 9.59 Å². The van der Waals surface area contributed by atoms with Crippen molar-refractivity contribution in [2.75, 3.05) is 11.9 Å². The van der Waals surface area contributed by atoms with Crippen molar-refractivity contribution in [3.05, 3.63) is 95.6 Å². The summed E-state index contributed by atoms with van der Waals surface area (Å²) in [5.74, 6) is -0.927. The van der Waals surface area contributed by atoms with Gasteiger partial charge >= 0.3 is 5.97 Å². The third-order valence-corrected chi connectivity index (χ3v) is 4.26. The van der Waals surface area contributed by atoms with Gasteiger partial charge in [-0.05, 0) is 31.2 Å². The Morgan fingerprint density at radius 3 is 2.33 bits per heavy atom. The number of carbonyl (C=O) groups is 2. The smallest absolute Gasteiger partial charge is 0.345 e. The summed E-state index contributed by atoms with van der Waals surface area (Å²) in [6.45, 7) is 1.52. The van der Waals surface area contributed by atoms with Crippen LogP contribution in [0.1, 0.15) is 22.8 Å². The Kier molecular flexibility index (Phi) is 6.80. The number of ether oxygens (including phenoxy) is 2. The number of hydrogen-bond acceptors (Lipinski definition) is 5. The van der Waals surface area contributed by atoms with Crippen molar-refractivity contribution in [3.63, 3.8) is 0 Å². The number of benzene rings is 3. The summed E-state index contributed by atoms with van der Waals surface area (Å²) in [7, 11) is 0. The fourth-order valence-electron chi connectivity index (χ4n) is 2.73. The summed E-state index contributed by atoms with van der Waals surface area (Å²) in [6, 6.07) is 24.6. The van der Waals surface area contributed by atoms with Gasteiger partial charge in [-0.25, -0.2) is 4.79 Å². The highest BCUT2D eigenvalue weighted by molar-refractivity contribution is 5.96. The van der Waals surface area contributed by atoms with Crippen molar-refractivity contribution < 1.29 is 19.1 Å². The summed E-state index contributed by atoms with van der Waals surface area (Å²) >= 11 is 0. The van der Waals surface area contributed by atoms with Gasteiger partial charge in [0.25, 0.3) is 5.91 Å². The van der Waals surface area contributed by atoms with Gasteiger partial charge in [-0.1, -0.05) is 60.2 Å². The lowest BCUT2D eigenvalue weighted by molar-refractivity contribution is -0.156. The summed E-state index contributed by atoms with van der Waals surface area (Å²) in [4.78, 5) is 25.2. The van der Waals surface area contributed by atoms with Crippen LogP contribution in [0.5, 0.6) is 5.75 Å². The molecule has 0 radical (unpaired) electrons. The normalized spacial score (nSPS) is 11.1. The first kappa shape index (κ1) is 20.6. The number of nitrogens with zero attached hydrogens (tertiary/aromatic N) is 1. The molecule has 0 bridgehead atoms. The Morgan fingerprint density at radius 2 is 1.63 bits per heavy atom. The van der Waals surface area contributed by atoms with E-state index < -0.39 is 24.6 Å². The molecule has 1 atom stereocenters. The maximum absolute atomic E-state index is 12.8. The van der Waals surface area contributed by atoms with Gasteiger partial charge in [0, 0.05) is 11.3 Å². The second-order valence-corrected chi connectivity index (χ2v) is 6.53. The van der Waals surface area contributed by atoms with Crippen molar-refractivity contribution in [3.8, 4) is 11.8 Å². The Labute approximate surface area is 174 Å². The van der Waals surface area contributed by atoms with E-state index in [-0.39, 0.29) is 5.75 Å². The van der Waals surface area contributed by atoms with E-state index in [1.807, 2.05) is 31.2 Å². The number of rotatable bonds is 7. The van der Waals surface area contributed by atoms with Crippen LogP contribution in [0.4, 0.5) is 5.69 Å². The zero-order chi connectivity index (χ0) is 21.3. The predicted octanol–water partition coefficient (Wildman–Crippen LogP) is 4.17. The van der Waals surface area contributed by atoms with Crippen molar-refractivity contribution in [2.45, 2.75) is 13.0 Å². The van der Waals surface area contributed by atoms with Gasteiger partial charge in [0.05, 0.1) is 5.56 Å². The number of hydrogen-bond donors (Lipinski definition) is 1. The van der Waals surface area contributed by atoms with Gasteiger partial charge in [-0.2, -0.15) is 5.26 Å². The molecule has 0 aromatic heterocycles. The Hall–Kier alpha value is -4.11. The van der Waals surface area contributed by atoms with Crippen LogP contribution in [-0.4, -0.2) is 18.5 Å². The van der Waals surface area contributed by atoms with Gasteiger partial charge in [0.1, 0.15) is 11.8 Å². The number of nitrogens with one attached hydrogen (secondary N) is 1. The van der Waals surface area contributed by atoms with Crippen LogP contribution in [0.2, 0.25) is 0 Å². The first-order valence-corrected chi connectivity index (χ1v) is 9.30. The first-order chi connectivity index (χ1) is 14.6. The van der Waals surface area contributed by atoms with Crippen molar-refractivity contribution in [2.24, 2.45) is 0 Å². The monoisotopic (exact) mass is 400 g/mol. The highest BCUT2D eigenvalue weighted by atomic mass is 16.6. The quantitative estimate of drug-likeness (QED) is 0.602. The number of amides is 1. The molecule has 0 heterocycles. The van der Waals surface area contributed by atoms with E-state index in [4.69, 9.17) is 14.7 Å². The van der Waals surface area contributed by atoms with Crippen molar-refractivity contribution in [1.82, 2.24) is 0 Å². The maximum Gasteiger partial charge on any atom is 0.345 e. The largest absolute Gasteiger partial charge is 0.481 e. The molecule has 3 aromatic rings. The first-order valence-electron chi connectivity index (χ1n) is 9.30. The van der Waals surface area contributed by atoms with Gasteiger partial charge < -0.3 is 14.8 Å². The lowest BCUT2D eigenvalue weighted by Crippen LogP contribution is -2.28. The molecular weight excluding hydrogens is 380 g/mol. The molecule has 0 aliphatic heterocycles. The van der Waals surface area contributed by atoms with Crippen LogP contribution in [-0.2, 0) is 14.3 Å². The van der Waals surface area contributed by atoms with Crippen LogP contribution in [0.3, 0.4) is 0 Å². The van der Waals surface area contributed by atoms with E-state index in [1.165, 1.54) is 0 Å². The second kappa shape index (κ2) is 9.89. The lowest BCUT2D eigenvalue weighted by atomic mass is 10.1. The fourth-order valence-corrected chi connectivity index (χ4v) is 2.73. The molecule has 0 unspecified atom stereocenters. The number of aryl methyl sites for hydroxylation is 1. The maximum atomic E-state index is 12.8. The fraction of sp³-hybridized carbons (Fsp3) is 0.125. The van der Waals surface area contributed by atoms with Gasteiger partial charge in [-0.3, -0.25) is 4.79 Å². The van der Waals surface area contributed by atoms with Crippen LogP contribution in [0, 0.1) is 18.3 Å². The topological polar surface area (TPSA) is 88.4 Å². The van der Waals surface area contributed by atoms with E-state index in [2.05, 4.69) is 5.32 Å². The van der Waals surface area contributed by atoms with Gasteiger partial charge in [0.15, 0.2) is 6.61 Å². The summed E-state index contributed by atoms with van der Waals surface area (Å²) < 4.78 is 10.8. The number of nitriles is 1. The molecule has 3 rings (SSSR count). The molecule has 0 aliphatic rings. The average molecular weight is 400 g/mol. The van der Waals surface area contributed by atoms with Crippen LogP contribution < -0.4 is 10.1 Å². The molecule has 1 amide bonds. The molecule has 1 N–H and O–H groups in total. The molecule has 6 heteroatoms. The second-order valence-electron chi connectivity index (χ2n) is 6.53. The van der Waals surface area contributed by atoms with Crippen molar-refractivity contribution in [1.29, 1.82) is 5.26 Å². The Bertz CT molecular complexity index is 1060. The van der Waals surface area contributed by atoms with E-state index in [1.54, 1.807) is 60.7 Å². The van der Waals surface area contributed by atoms with Crippen LogP contribution >= 0.6 is 0 Å². The molecular formula is C24H20N2O4. The number of esters is 1. The van der Waals surface area contributed by atoms with E-state index >= 15 is 0 Å². The third kappa shape index (κ3) is 5.46. The number of anilines is 1. The predicted molar refractivity (Wildman–Crippen MR) is 112 cm³/mol. The van der Waals surface area contributed by atoms with Crippen LogP contribution in [0.15, 0.2) is 78.9 Å². The minimum Gasteiger partial charge on any atom is -0.481 e. The molecule has 6 nitrogen and oxygen atoms in total. The zero-order valence-electron chi connectivity index (χ0n) is 16.4. The molecule has 150 valence electrons. The summed E-state index contributed by atoms with van der Waals surface area (Å²) in [6.07, 6.45) is -1.14. The standard InChI is InChI=1S/C24H20N2O4/c1-17-11-13-20(14-12-17)26-24(28)23(18-7-3-2-4-8-18)30-22(27)16-29-21-10-6-5-9-19(21)15-25/h2-14,23H,16H2,1H3,(H,26,28)/t23-/m0/s1. The lowest BCUT2D eigenvalue weighted by Gasteiger charge is -2.18. The average Bonchev–Trinajstić information content (AvgIpc) is 2.78. The molecule has 3 aromatic carbocycles. The van der Waals surface area contributed by atoms with Gasteiger partial charge in [-0.15, -0.1) is 0 Å². The van der Waals surface area contributed by atoms with Gasteiger partial charge in [0.2, 0.25) is 6.10 Å². The number of carbonyl (C=O) groups excluding carboxylic acids is 2. The van der Waals surface area contributed by atoms with Crippen LogP contribution in [0.25, 0.3) is 0 Å². The van der Waals surface area contributed by atoms with Crippen molar-refractivity contribution >= 4 is 17.6 Å². The highest BCUT2D eigenvalue weighted by Gasteiger charge is 2.25. The SMILES string of the molecule is Cc1ccc(NC(=O)[C@@H](OC(=O)COc2ccccc2C#N)c2ccccc2)cc1. The number of para-hydroxylation sites is 1. The Balaban J connectivity index is 1.71. The molecule has 0 saturated carbocycles. The zero-order valence-corrected chi connectivity index (χ0v) is 16.4. The summed E-state index contributed by atoms with van der Waals surface area (Å²) in [5, 5.41) is 11.9. The molecule has 0 fully saturated rings. The minimum absolute atomic E-state index is 0.275. The minimum atomic E-state index is -1.14. The third-order valence-electron chi connectivity index (χ3n) is 4.26. The molecule has 30 heavy (non-hydrogen) atoms. The van der Waals surface area contributed by atoms with E-state index in [0.29, 0.717) is 16.8 Å². The molecule has 0 aliphatic carbocycles. The highest BCUT2D eigenvalue weighted by Crippen LogP contribution is 2.21. The summed E-state index contributed by atoms with van der Waals surface area (Å²) in [5.41, 5.74) is 2.51. The Morgan fingerprint density at radius 1 is 0.967 bits per heavy atom.